The zero-order valence-electron chi connectivity index (χ0n) is 17.0. The fourth-order valence-corrected chi connectivity index (χ4v) is 3.93. The molecule has 0 amide bonds. The highest BCUT2D eigenvalue weighted by molar-refractivity contribution is 7.09. The lowest BCUT2D eigenvalue weighted by Crippen LogP contribution is -2.52. The average Bonchev–Trinajstić information content (AvgIpc) is 3.22. The summed E-state index contributed by atoms with van der Waals surface area (Å²) in [4.78, 5) is 14.1. The van der Waals surface area contributed by atoms with Crippen LogP contribution in [0.5, 0.6) is 0 Å². The Labute approximate surface area is 171 Å². The van der Waals surface area contributed by atoms with E-state index in [4.69, 9.17) is 9.73 Å². The number of hydrogen-bond acceptors (Lipinski definition) is 6. The molecule has 1 aromatic heterocycles. The molecule has 1 saturated heterocycles. The van der Waals surface area contributed by atoms with E-state index in [0.29, 0.717) is 13.2 Å². The summed E-state index contributed by atoms with van der Waals surface area (Å²) in [6.45, 7) is 10.1. The van der Waals surface area contributed by atoms with Gasteiger partial charge >= 0.3 is 0 Å². The fraction of sp³-hybridized carbons (Fsp3) is 0.550. The number of ether oxygens (including phenoxy) is 1. The zero-order chi connectivity index (χ0) is 19.8. The van der Waals surface area contributed by atoms with Gasteiger partial charge in [0.15, 0.2) is 5.96 Å². The summed E-state index contributed by atoms with van der Waals surface area (Å²) in [7, 11) is 1.72. The quantitative estimate of drug-likeness (QED) is 0.567. The van der Waals surface area contributed by atoms with E-state index >= 15 is 0 Å². The third-order valence-electron chi connectivity index (χ3n) is 4.70. The van der Waals surface area contributed by atoms with Crippen molar-refractivity contribution in [1.29, 1.82) is 0 Å². The van der Waals surface area contributed by atoms with E-state index in [0.717, 1.165) is 56.1 Å². The molecule has 2 heterocycles. The molecule has 8 heteroatoms. The van der Waals surface area contributed by atoms with Crippen molar-refractivity contribution in [2.45, 2.75) is 33.4 Å². The summed E-state index contributed by atoms with van der Waals surface area (Å²) >= 11 is 1.50. The third kappa shape index (κ3) is 5.42. The van der Waals surface area contributed by atoms with Crippen molar-refractivity contribution in [3.8, 4) is 0 Å². The van der Waals surface area contributed by atoms with Gasteiger partial charge in [-0.2, -0.15) is 4.37 Å². The van der Waals surface area contributed by atoms with Crippen LogP contribution in [0.4, 0.5) is 5.13 Å². The molecule has 2 aromatic rings. The number of hydrogen-bond donors (Lipinski definition) is 1. The Morgan fingerprint density at radius 1 is 1.14 bits per heavy atom. The number of nitrogens with one attached hydrogen (secondary N) is 1. The molecule has 0 saturated carbocycles. The summed E-state index contributed by atoms with van der Waals surface area (Å²) in [5, 5.41) is 4.47. The Kier molecular flexibility index (Phi) is 7.62. The van der Waals surface area contributed by atoms with Gasteiger partial charge in [-0.3, -0.25) is 0 Å². The molecule has 1 fully saturated rings. The molecule has 7 nitrogen and oxygen atoms in total. The molecular weight excluding hydrogens is 372 g/mol. The van der Waals surface area contributed by atoms with E-state index in [1.165, 1.54) is 22.7 Å². The van der Waals surface area contributed by atoms with Gasteiger partial charge in [-0.25, -0.2) is 9.98 Å². The van der Waals surface area contributed by atoms with Crippen LogP contribution in [0, 0.1) is 0 Å². The maximum absolute atomic E-state index is 5.17. The number of nitrogens with zero attached hydrogens (tertiary/aromatic N) is 5. The van der Waals surface area contributed by atoms with Gasteiger partial charge in [-0.1, -0.05) is 31.2 Å². The SMILES string of the molecule is CCNC(=NCc1ccc(COC)cc1)N1CCN(c2nc(CC)ns2)CC1. The Morgan fingerprint density at radius 2 is 1.86 bits per heavy atom. The smallest absolute Gasteiger partial charge is 0.205 e. The molecule has 0 radical (unpaired) electrons. The summed E-state index contributed by atoms with van der Waals surface area (Å²) in [5.41, 5.74) is 2.39. The molecule has 0 unspecified atom stereocenters. The minimum Gasteiger partial charge on any atom is -0.380 e. The molecule has 0 atom stereocenters. The third-order valence-corrected chi connectivity index (χ3v) is 5.52. The predicted molar refractivity (Wildman–Crippen MR) is 115 cm³/mol. The molecule has 152 valence electrons. The molecule has 1 aromatic carbocycles. The fourth-order valence-electron chi connectivity index (χ4n) is 3.13. The normalized spacial score (nSPS) is 15.2. The largest absolute Gasteiger partial charge is 0.380 e. The number of benzene rings is 1. The molecule has 3 rings (SSSR count). The lowest BCUT2D eigenvalue weighted by atomic mass is 10.1. The number of anilines is 1. The molecule has 0 aliphatic carbocycles. The minimum absolute atomic E-state index is 0.644. The van der Waals surface area contributed by atoms with Crippen molar-refractivity contribution < 1.29 is 4.74 Å². The van der Waals surface area contributed by atoms with Crippen LogP contribution < -0.4 is 10.2 Å². The standard InChI is InChI=1S/C20H30N6OS/c1-4-18-23-20(28-24-18)26-12-10-25(11-13-26)19(21-5-2)22-14-16-6-8-17(9-7-16)15-27-3/h6-9H,4-5,10-15H2,1-3H3,(H,21,22). The molecule has 0 spiro atoms. The van der Waals surface area contributed by atoms with Gasteiger partial charge in [0.05, 0.1) is 13.2 Å². The van der Waals surface area contributed by atoms with Crippen molar-refractivity contribution in [3.05, 3.63) is 41.2 Å². The van der Waals surface area contributed by atoms with Crippen molar-refractivity contribution in [2.24, 2.45) is 4.99 Å². The summed E-state index contributed by atoms with van der Waals surface area (Å²) in [6.07, 6.45) is 0.889. The van der Waals surface area contributed by atoms with Gasteiger partial charge in [0.2, 0.25) is 5.13 Å². The van der Waals surface area contributed by atoms with Gasteiger partial charge in [0.25, 0.3) is 0 Å². The second kappa shape index (κ2) is 10.4. The zero-order valence-corrected chi connectivity index (χ0v) is 17.8. The lowest BCUT2D eigenvalue weighted by Gasteiger charge is -2.36. The molecule has 28 heavy (non-hydrogen) atoms. The Bertz CT molecular complexity index is 752. The van der Waals surface area contributed by atoms with Crippen molar-refractivity contribution >= 4 is 22.6 Å². The second-order valence-electron chi connectivity index (χ2n) is 6.74. The second-order valence-corrected chi connectivity index (χ2v) is 7.47. The van der Waals surface area contributed by atoms with Gasteiger partial charge in [-0.15, -0.1) is 0 Å². The van der Waals surface area contributed by atoms with Gasteiger partial charge < -0.3 is 19.9 Å². The number of aryl methyl sites for hydroxylation is 1. The van der Waals surface area contributed by atoms with Crippen LogP contribution in [0.25, 0.3) is 0 Å². The van der Waals surface area contributed by atoms with E-state index < -0.39 is 0 Å². The van der Waals surface area contributed by atoms with E-state index in [-0.39, 0.29) is 0 Å². The number of piperazine rings is 1. The first-order valence-electron chi connectivity index (χ1n) is 9.91. The first kappa shape index (κ1) is 20.5. The number of guanidine groups is 1. The number of rotatable bonds is 7. The summed E-state index contributed by atoms with van der Waals surface area (Å²) < 4.78 is 9.58. The van der Waals surface area contributed by atoms with Crippen molar-refractivity contribution in [2.75, 3.05) is 44.7 Å². The van der Waals surface area contributed by atoms with Crippen LogP contribution in [0.2, 0.25) is 0 Å². The highest BCUT2D eigenvalue weighted by Gasteiger charge is 2.22. The number of aromatic nitrogens is 2. The summed E-state index contributed by atoms with van der Waals surface area (Å²) in [5.74, 6) is 1.92. The van der Waals surface area contributed by atoms with Crippen molar-refractivity contribution in [1.82, 2.24) is 19.6 Å². The van der Waals surface area contributed by atoms with Gasteiger partial charge in [0.1, 0.15) is 5.82 Å². The summed E-state index contributed by atoms with van der Waals surface area (Å²) in [6, 6.07) is 8.46. The maximum Gasteiger partial charge on any atom is 0.205 e. The van der Waals surface area contributed by atoms with E-state index in [9.17, 15) is 0 Å². The number of methoxy groups -OCH3 is 1. The van der Waals surface area contributed by atoms with E-state index in [1.54, 1.807) is 7.11 Å². The van der Waals surface area contributed by atoms with Crippen LogP contribution >= 0.6 is 11.5 Å². The van der Waals surface area contributed by atoms with E-state index in [2.05, 4.69) is 62.6 Å². The topological polar surface area (TPSA) is 65.9 Å². The lowest BCUT2D eigenvalue weighted by molar-refractivity contribution is 0.185. The monoisotopic (exact) mass is 402 g/mol. The Balaban J connectivity index is 1.58. The van der Waals surface area contributed by atoms with Crippen LogP contribution in [0.15, 0.2) is 29.3 Å². The van der Waals surface area contributed by atoms with Crippen LogP contribution in [-0.2, 0) is 24.3 Å². The van der Waals surface area contributed by atoms with Gasteiger partial charge in [0, 0.05) is 57.8 Å². The van der Waals surface area contributed by atoms with Crippen LogP contribution in [-0.4, -0.2) is 60.1 Å². The van der Waals surface area contributed by atoms with Crippen LogP contribution in [0.3, 0.4) is 0 Å². The molecule has 1 N–H and O–H groups in total. The van der Waals surface area contributed by atoms with Gasteiger partial charge in [-0.05, 0) is 18.1 Å². The maximum atomic E-state index is 5.17. The Hall–Kier alpha value is -2.19. The van der Waals surface area contributed by atoms with Crippen LogP contribution in [0.1, 0.15) is 30.8 Å². The molecule has 1 aliphatic rings. The van der Waals surface area contributed by atoms with E-state index in [1.807, 2.05) is 0 Å². The Morgan fingerprint density at radius 3 is 2.46 bits per heavy atom. The molecule has 1 aliphatic heterocycles. The number of aliphatic imine (C=N–C) groups is 1. The first-order valence-corrected chi connectivity index (χ1v) is 10.7. The highest BCUT2D eigenvalue weighted by Crippen LogP contribution is 2.19. The molecular formula is C20H30N6OS. The molecule has 0 bridgehead atoms. The predicted octanol–water partition coefficient (Wildman–Crippen LogP) is 2.53. The average molecular weight is 403 g/mol. The highest BCUT2D eigenvalue weighted by atomic mass is 32.1. The minimum atomic E-state index is 0.644. The first-order chi connectivity index (χ1) is 13.7. The van der Waals surface area contributed by atoms with Crippen molar-refractivity contribution in [3.63, 3.8) is 0 Å².